The van der Waals surface area contributed by atoms with Crippen LogP contribution in [-0.2, 0) is 25.8 Å². The number of aromatic nitrogens is 3. The summed E-state index contributed by atoms with van der Waals surface area (Å²) in [5.74, 6) is 1.77. The zero-order valence-electron chi connectivity index (χ0n) is 16.6. The third-order valence-corrected chi connectivity index (χ3v) is 5.83. The molecular formula is C20H26F3N5O. The topological polar surface area (TPSA) is 57.4 Å². The SMILES string of the molecule is CC(C)N1C[C@@H](O)C[C@H]1c1nnc2n1CCN(Cc1ccc(C(F)(F)F)cc1)C2. The maximum atomic E-state index is 12.7. The first-order valence-corrected chi connectivity index (χ1v) is 9.96. The Hall–Kier alpha value is -1.97. The third-order valence-electron chi connectivity index (χ3n) is 5.83. The highest BCUT2D eigenvalue weighted by Crippen LogP contribution is 2.34. The number of alkyl halides is 3. The number of aliphatic hydroxyl groups excluding tert-OH is 1. The molecule has 0 bridgehead atoms. The van der Waals surface area contributed by atoms with Gasteiger partial charge in [-0.1, -0.05) is 12.1 Å². The van der Waals surface area contributed by atoms with Crippen LogP contribution < -0.4 is 0 Å². The van der Waals surface area contributed by atoms with Crippen molar-refractivity contribution in [3.05, 3.63) is 47.0 Å². The average Bonchev–Trinajstić information content (AvgIpc) is 3.24. The average molecular weight is 409 g/mol. The van der Waals surface area contributed by atoms with Crippen molar-refractivity contribution in [2.75, 3.05) is 13.1 Å². The van der Waals surface area contributed by atoms with Crippen molar-refractivity contribution in [3.8, 4) is 0 Å². The van der Waals surface area contributed by atoms with E-state index in [0.29, 0.717) is 32.1 Å². The number of halogens is 3. The van der Waals surface area contributed by atoms with Crippen LogP contribution in [0.25, 0.3) is 0 Å². The minimum absolute atomic E-state index is 0.0627. The molecule has 158 valence electrons. The quantitative estimate of drug-likeness (QED) is 0.842. The Balaban J connectivity index is 1.45. The van der Waals surface area contributed by atoms with E-state index in [2.05, 4.69) is 38.4 Å². The predicted molar refractivity (Wildman–Crippen MR) is 101 cm³/mol. The van der Waals surface area contributed by atoms with E-state index in [4.69, 9.17) is 0 Å². The number of fused-ring (bicyclic) bond motifs is 1. The van der Waals surface area contributed by atoms with Gasteiger partial charge in [0.05, 0.1) is 24.3 Å². The van der Waals surface area contributed by atoms with E-state index >= 15 is 0 Å². The second-order valence-electron chi connectivity index (χ2n) is 8.23. The Labute approximate surface area is 167 Å². The molecule has 0 amide bonds. The van der Waals surface area contributed by atoms with Crippen LogP contribution in [0.15, 0.2) is 24.3 Å². The summed E-state index contributed by atoms with van der Waals surface area (Å²) in [4.78, 5) is 4.43. The van der Waals surface area contributed by atoms with Crippen molar-refractivity contribution in [2.45, 2.75) is 64.3 Å². The monoisotopic (exact) mass is 409 g/mol. The smallest absolute Gasteiger partial charge is 0.392 e. The molecule has 1 aromatic carbocycles. The van der Waals surface area contributed by atoms with Gasteiger partial charge in [-0.2, -0.15) is 13.2 Å². The van der Waals surface area contributed by atoms with Crippen LogP contribution in [-0.4, -0.2) is 54.9 Å². The lowest BCUT2D eigenvalue weighted by Gasteiger charge is -2.31. The molecule has 1 aromatic heterocycles. The highest BCUT2D eigenvalue weighted by molar-refractivity contribution is 5.24. The van der Waals surface area contributed by atoms with E-state index in [1.54, 1.807) is 0 Å². The number of hydrogen-bond donors (Lipinski definition) is 1. The van der Waals surface area contributed by atoms with Crippen LogP contribution in [0, 0.1) is 0 Å². The number of aliphatic hydroxyl groups is 1. The number of hydrogen-bond acceptors (Lipinski definition) is 5. The number of benzene rings is 1. The largest absolute Gasteiger partial charge is 0.416 e. The summed E-state index contributed by atoms with van der Waals surface area (Å²) in [6.45, 7) is 7.55. The summed E-state index contributed by atoms with van der Waals surface area (Å²) < 4.78 is 40.3. The lowest BCUT2D eigenvalue weighted by molar-refractivity contribution is -0.137. The standard InChI is InChI=1S/C20H26F3N5O/c1-13(2)28-11-16(29)9-17(28)19-25-24-18-12-26(7-8-27(18)19)10-14-3-5-15(6-4-14)20(21,22)23/h3-6,13,16-17,29H,7-12H2,1-2H3/t16-,17-/m0/s1. The van der Waals surface area contributed by atoms with E-state index in [1.165, 1.54) is 12.1 Å². The molecule has 0 spiro atoms. The summed E-state index contributed by atoms with van der Waals surface area (Å²) in [5.41, 5.74) is 0.217. The Morgan fingerprint density at radius 3 is 2.52 bits per heavy atom. The maximum absolute atomic E-state index is 12.7. The second-order valence-corrected chi connectivity index (χ2v) is 8.23. The van der Waals surface area contributed by atoms with Crippen molar-refractivity contribution in [1.29, 1.82) is 0 Å². The van der Waals surface area contributed by atoms with Crippen molar-refractivity contribution < 1.29 is 18.3 Å². The van der Waals surface area contributed by atoms with Gasteiger partial charge >= 0.3 is 6.18 Å². The summed E-state index contributed by atoms with van der Waals surface area (Å²) in [7, 11) is 0. The minimum atomic E-state index is -4.31. The van der Waals surface area contributed by atoms with Crippen molar-refractivity contribution in [2.24, 2.45) is 0 Å². The van der Waals surface area contributed by atoms with Gasteiger partial charge in [-0.25, -0.2) is 0 Å². The Bertz CT molecular complexity index is 849. The molecule has 29 heavy (non-hydrogen) atoms. The summed E-state index contributed by atoms with van der Waals surface area (Å²) >= 11 is 0. The molecule has 2 aromatic rings. The molecular weight excluding hydrogens is 383 g/mol. The molecule has 2 aliphatic rings. The molecule has 0 saturated carbocycles. The van der Waals surface area contributed by atoms with Crippen LogP contribution in [0.3, 0.4) is 0 Å². The summed E-state index contributed by atoms with van der Waals surface area (Å²) in [6.07, 6.45) is -4.00. The lowest BCUT2D eigenvalue weighted by Crippen LogP contribution is -2.36. The van der Waals surface area contributed by atoms with Crippen LogP contribution >= 0.6 is 0 Å². The highest BCUT2D eigenvalue weighted by atomic mass is 19.4. The van der Waals surface area contributed by atoms with Gasteiger partial charge in [-0.15, -0.1) is 10.2 Å². The fourth-order valence-electron chi connectivity index (χ4n) is 4.33. The fourth-order valence-corrected chi connectivity index (χ4v) is 4.33. The summed E-state index contributed by atoms with van der Waals surface area (Å²) in [5, 5.41) is 18.9. The highest BCUT2D eigenvalue weighted by Gasteiger charge is 2.38. The van der Waals surface area contributed by atoms with Gasteiger partial charge in [0.2, 0.25) is 0 Å². The van der Waals surface area contributed by atoms with Crippen molar-refractivity contribution in [3.63, 3.8) is 0 Å². The number of likely N-dealkylation sites (tertiary alicyclic amines) is 1. The van der Waals surface area contributed by atoms with Gasteiger partial charge in [-0.05, 0) is 38.0 Å². The molecule has 2 aliphatic heterocycles. The van der Waals surface area contributed by atoms with Gasteiger partial charge in [0.1, 0.15) is 5.82 Å². The van der Waals surface area contributed by atoms with Gasteiger partial charge in [0, 0.05) is 32.2 Å². The van der Waals surface area contributed by atoms with E-state index in [-0.39, 0.29) is 12.1 Å². The maximum Gasteiger partial charge on any atom is 0.416 e. The minimum Gasteiger partial charge on any atom is -0.392 e. The molecule has 0 unspecified atom stereocenters. The van der Waals surface area contributed by atoms with Crippen LogP contribution in [0.2, 0.25) is 0 Å². The first kappa shape index (κ1) is 20.3. The van der Waals surface area contributed by atoms with Crippen LogP contribution in [0.1, 0.15) is 49.1 Å². The molecule has 0 radical (unpaired) electrons. The fraction of sp³-hybridized carbons (Fsp3) is 0.600. The lowest BCUT2D eigenvalue weighted by atomic mass is 10.1. The molecule has 6 nitrogen and oxygen atoms in total. The molecule has 1 N–H and O–H groups in total. The summed E-state index contributed by atoms with van der Waals surface area (Å²) in [6, 6.07) is 5.71. The van der Waals surface area contributed by atoms with Gasteiger partial charge < -0.3 is 9.67 Å². The van der Waals surface area contributed by atoms with Gasteiger partial charge in [-0.3, -0.25) is 9.80 Å². The Morgan fingerprint density at radius 2 is 1.86 bits per heavy atom. The van der Waals surface area contributed by atoms with Crippen molar-refractivity contribution in [1.82, 2.24) is 24.6 Å². The second kappa shape index (κ2) is 7.70. The molecule has 2 atom stereocenters. The Morgan fingerprint density at radius 1 is 1.14 bits per heavy atom. The normalized spacial score (nSPS) is 23.7. The van der Waals surface area contributed by atoms with Gasteiger partial charge in [0.25, 0.3) is 0 Å². The first-order chi connectivity index (χ1) is 13.7. The zero-order valence-corrected chi connectivity index (χ0v) is 16.6. The number of nitrogens with zero attached hydrogens (tertiary/aromatic N) is 5. The third kappa shape index (κ3) is 4.17. The van der Waals surface area contributed by atoms with Crippen LogP contribution in [0.5, 0.6) is 0 Å². The molecule has 1 saturated heterocycles. The molecule has 1 fully saturated rings. The van der Waals surface area contributed by atoms with E-state index < -0.39 is 11.7 Å². The Kier molecular flexibility index (Phi) is 5.39. The van der Waals surface area contributed by atoms with E-state index in [0.717, 1.165) is 42.4 Å². The van der Waals surface area contributed by atoms with E-state index in [1.807, 2.05) is 0 Å². The number of rotatable bonds is 4. The molecule has 9 heteroatoms. The predicted octanol–water partition coefficient (Wildman–Crippen LogP) is 2.83. The first-order valence-electron chi connectivity index (χ1n) is 9.96. The molecule has 0 aliphatic carbocycles. The zero-order chi connectivity index (χ0) is 20.8. The molecule has 3 heterocycles. The van der Waals surface area contributed by atoms with Crippen molar-refractivity contribution >= 4 is 0 Å². The van der Waals surface area contributed by atoms with Crippen LogP contribution in [0.4, 0.5) is 13.2 Å². The molecule has 4 rings (SSSR count). The van der Waals surface area contributed by atoms with Gasteiger partial charge in [0.15, 0.2) is 5.82 Å². The number of β-amino-alcohol motifs (C(OH)–C–C–N with tert-alkyl or cyclic N) is 1. The van der Waals surface area contributed by atoms with E-state index in [9.17, 15) is 18.3 Å².